The lowest BCUT2D eigenvalue weighted by Crippen LogP contribution is -2.13. The van der Waals surface area contributed by atoms with Crippen LogP contribution in [0.3, 0.4) is 0 Å². The van der Waals surface area contributed by atoms with E-state index in [0.29, 0.717) is 15.3 Å². The first-order valence-electron chi connectivity index (χ1n) is 6.01. The van der Waals surface area contributed by atoms with E-state index in [-0.39, 0.29) is 11.3 Å². The van der Waals surface area contributed by atoms with Crippen LogP contribution in [0, 0.1) is 12.7 Å². The fourth-order valence-electron chi connectivity index (χ4n) is 1.54. The Morgan fingerprint density at radius 1 is 1.50 bits per heavy atom. The highest BCUT2D eigenvalue weighted by molar-refractivity contribution is 9.10. The summed E-state index contributed by atoms with van der Waals surface area (Å²) in [6.45, 7) is 1.76. The summed E-state index contributed by atoms with van der Waals surface area (Å²) in [5, 5.41) is 2.89. The summed E-state index contributed by atoms with van der Waals surface area (Å²) in [4.78, 5) is 27.1. The lowest BCUT2D eigenvalue weighted by molar-refractivity contribution is -0.115. The standard InChI is InChI=1S/C13H11BrFN3O2S2/c1-6-12(21-5-10(16)19)22-13(17-6)18-11(20)8-4-7(14)2-3-9(8)15/h2-4H,5H2,1H3,(H2,16,19)(H,17,18,20). The number of thioether (sulfide) groups is 1. The van der Waals surface area contributed by atoms with Crippen LogP contribution in [0.5, 0.6) is 0 Å². The smallest absolute Gasteiger partial charge is 0.260 e. The van der Waals surface area contributed by atoms with Gasteiger partial charge >= 0.3 is 0 Å². The Bertz CT molecular complexity index is 736. The largest absolute Gasteiger partial charge is 0.369 e. The molecule has 116 valence electrons. The molecule has 0 aliphatic rings. The third-order valence-corrected chi connectivity index (χ3v) is 5.44. The monoisotopic (exact) mass is 403 g/mol. The molecule has 0 radical (unpaired) electrons. The minimum Gasteiger partial charge on any atom is -0.369 e. The van der Waals surface area contributed by atoms with Gasteiger partial charge in [-0.1, -0.05) is 27.3 Å². The molecule has 1 heterocycles. The van der Waals surface area contributed by atoms with Crippen LogP contribution in [0.2, 0.25) is 0 Å². The number of carbonyl (C=O) groups excluding carboxylic acids is 2. The van der Waals surface area contributed by atoms with Gasteiger partial charge in [0.25, 0.3) is 5.91 Å². The van der Waals surface area contributed by atoms with Crippen molar-refractivity contribution >= 4 is 56.0 Å². The van der Waals surface area contributed by atoms with Crippen molar-refractivity contribution in [3.8, 4) is 0 Å². The number of carbonyl (C=O) groups is 2. The summed E-state index contributed by atoms with van der Waals surface area (Å²) in [5.74, 6) is -1.49. The van der Waals surface area contributed by atoms with Crippen LogP contribution in [0.4, 0.5) is 9.52 Å². The molecular weight excluding hydrogens is 393 g/mol. The summed E-state index contributed by atoms with van der Waals surface area (Å²) in [7, 11) is 0. The topological polar surface area (TPSA) is 85.1 Å². The SMILES string of the molecule is Cc1nc(NC(=O)c2cc(Br)ccc2F)sc1SCC(N)=O. The average Bonchev–Trinajstić information content (AvgIpc) is 2.79. The summed E-state index contributed by atoms with van der Waals surface area (Å²) in [6, 6.07) is 4.12. The molecule has 3 N–H and O–H groups in total. The molecular formula is C13H11BrFN3O2S2. The number of hydrogen-bond acceptors (Lipinski definition) is 5. The molecule has 22 heavy (non-hydrogen) atoms. The lowest BCUT2D eigenvalue weighted by Gasteiger charge is -2.03. The molecule has 2 amide bonds. The van der Waals surface area contributed by atoms with Crippen molar-refractivity contribution in [2.24, 2.45) is 5.73 Å². The Morgan fingerprint density at radius 3 is 2.91 bits per heavy atom. The van der Waals surface area contributed by atoms with E-state index in [1.165, 1.54) is 41.3 Å². The molecule has 0 aliphatic heterocycles. The molecule has 2 aromatic rings. The number of primary amides is 1. The highest BCUT2D eigenvalue weighted by Gasteiger charge is 2.16. The molecule has 1 aromatic carbocycles. The number of anilines is 1. The fraction of sp³-hybridized carbons (Fsp3) is 0.154. The van der Waals surface area contributed by atoms with E-state index in [9.17, 15) is 14.0 Å². The molecule has 0 saturated heterocycles. The van der Waals surface area contributed by atoms with Crippen molar-refractivity contribution in [1.29, 1.82) is 0 Å². The predicted octanol–water partition coefficient (Wildman–Crippen LogP) is 3.18. The van der Waals surface area contributed by atoms with Gasteiger partial charge in [-0.15, -0.1) is 11.8 Å². The Hall–Kier alpha value is -1.45. The van der Waals surface area contributed by atoms with Gasteiger partial charge in [0.2, 0.25) is 5.91 Å². The number of hydrogen-bond donors (Lipinski definition) is 2. The van der Waals surface area contributed by atoms with Crippen molar-refractivity contribution in [3.05, 3.63) is 39.7 Å². The van der Waals surface area contributed by atoms with Crippen LogP contribution in [0.25, 0.3) is 0 Å². The zero-order chi connectivity index (χ0) is 16.3. The van der Waals surface area contributed by atoms with Crippen molar-refractivity contribution in [1.82, 2.24) is 4.98 Å². The third-order valence-electron chi connectivity index (χ3n) is 2.49. The number of nitrogens with two attached hydrogens (primary N) is 1. The van der Waals surface area contributed by atoms with Gasteiger partial charge in [0, 0.05) is 4.47 Å². The molecule has 2 rings (SSSR count). The average molecular weight is 404 g/mol. The highest BCUT2D eigenvalue weighted by Crippen LogP contribution is 2.32. The molecule has 0 atom stereocenters. The van der Waals surface area contributed by atoms with Gasteiger partial charge < -0.3 is 5.73 Å². The van der Waals surface area contributed by atoms with Gasteiger partial charge in [-0.05, 0) is 25.1 Å². The van der Waals surface area contributed by atoms with E-state index in [1.807, 2.05) is 0 Å². The summed E-state index contributed by atoms with van der Waals surface area (Å²) in [5.41, 5.74) is 5.70. The van der Waals surface area contributed by atoms with E-state index in [4.69, 9.17) is 5.73 Å². The molecule has 0 spiro atoms. The normalized spacial score (nSPS) is 10.5. The Labute approximate surface area is 142 Å². The Morgan fingerprint density at radius 2 is 2.23 bits per heavy atom. The number of thiazole rings is 1. The molecule has 1 aromatic heterocycles. The van der Waals surface area contributed by atoms with E-state index in [0.717, 1.165) is 4.21 Å². The summed E-state index contributed by atoms with van der Waals surface area (Å²) >= 11 is 5.66. The van der Waals surface area contributed by atoms with E-state index in [1.54, 1.807) is 6.92 Å². The predicted molar refractivity (Wildman–Crippen MR) is 88.8 cm³/mol. The number of amides is 2. The van der Waals surface area contributed by atoms with Gasteiger partial charge in [-0.25, -0.2) is 9.37 Å². The summed E-state index contributed by atoms with van der Waals surface area (Å²) < 4.78 is 15.0. The van der Waals surface area contributed by atoms with Crippen molar-refractivity contribution in [3.63, 3.8) is 0 Å². The fourth-order valence-corrected chi connectivity index (χ4v) is 3.78. The van der Waals surface area contributed by atoms with Gasteiger partial charge in [0.1, 0.15) is 5.82 Å². The number of rotatable bonds is 5. The number of aromatic nitrogens is 1. The first-order chi connectivity index (χ1) is 10.4. The second-order valence-corrected chi connectivity index (χ2v) is 7.38. The van der Waals surface area contributed by atoms with Crippen LogP contribution < -0.4 is 11.1 Å². The first kappa shape index (κ1) is 16.9. The van der Waals surface area contributed by atoms with Gasteiger partial charge in [0.15, 0.2) is 5.13 Å². The number of nitrogens with one attached hydrogen (secondary N) is 1. The second-order valence-electron chi connectivity index (χ2n) is 4.23. The van der Waals surface area contributed by atoms with Crippen LogP contribution in [-0.2, 0) is 4.79 Å². The molecule has 5 nitrogen and oxygen atoms in total. The highest BCUT2D eigenvalue weighted by atomic mass is 79.9. The zero-order valence-electron chi connectivity index (χ0n) is 11.4. The maximum absolute atomic E-state index is 13.7. The van der Waals surface area contributed by atoms with Crippen molar-refractivity contribution in [2.75, 3.05) is 11.1 Å². The maximum Gasteiger partial charge on any atom is 0.260 e. The first-order valence-corrected chi connectivity index (χ1v) is 8.61. The Balaban J connectivity index is 2.13. The molecule has 0 aliphatic carbocycles. The van der Waals surface area contributed by atoms with Gasteiger partial charge in [-0.2, -0.15) is 0 Å². The molecule has 0 unspecified atom stereocenters. The van der Waals surface area contributed by atoms with Gasteiger partial charge in [0.05, 0.1) is 21.2 Å². The molecule has 0 bridgehead atoms. The van der Waals surface area contributed by atoms with Crippen molar-refractivity contribution < 1.29 is 14.0 Å². The lowest BCUT2D eigenvalue weighted by atomic mass is 10.2. The number of aryl methyl sites for hydroxylation is 1. The van der Waals surface area contributed by atoms with Gasteiger partial charge in [-0.3, -0.25) is 14.9 Å². The van der Waals surface area contributed by atoms with Crippen molar-refractivity contribution in [2.45, 2.75) is 11.1 Å². The summed E-state index contributed by atoms with van der Waals surface area (Å²) in [6.07, 6.45) is 0. The number of nitrogens with zero attached hydrogens (tertiary/aromatic N) is 1. The van der Waals surface area contributed by atoms with E-state index in [2.05, 4.69) is 26.2 Å². The Kier molecular flexibility index (Phi) is 5.54. The van der Waals surface area contributed by atoms with Crippen LogP contribution in [0.1, 0.15) is 16.1 Å². The third kappa shape index (κ3) is 4.28. The van der Waals surface area contributed by atoms with Crippen LogP contribution >= 0.6 is 39.0 Å². The molecule has 0 fully saturated rings. The van der Waals surface area contributed by atoms with Crippen LogP contribution in [0.15, 0.2) is 26.9 Å². The molecule has 0 saturated carbocycles. The van der Waals surface area contributed by atoms with Crippen LogP contribution in [-0.4, -0.2) is 22.6 Å². The quantitative estimate of drug-likeness (QED) is 0.750. The zero-order valence-corrected chi connectivity index (χ0v) is 14.6. The van der Waals surface area contributed by atoms with E-state index < -0.39 is 17.6 Å². The minimum absolute atomic E-state index is 0.0754. The number of benzene rings is 1. The number of halogens is 2. The van der Waals surface area contributed by atoms with E-state index >= 15 is 0 Å². The second kappa shape index (κ2) is 7.21. The minimum atomic E-state index is -0.614. The maximum atomic E-state index is 13.7. The molecule has 9 heteroatoms.